The lowest BCUT2D eigenvalue weighted by Gasteiger charge is -2.34. The second-order valence-electron chi connectivity index (χ2n) is 15.3. The predicted molar refractivity (Wildman–Crippen MR) is 196 cm³/mol. The Labute approximate surface area is 302 Å². The zero-order chi connectivity index (χ0) is 36.3. The average Bonchev–Trinajstić information content (AvgIpc) is 3.49. The van der Waals surface area contributed by atoms with E-state index in [0.717, 1.165) is 58.7 Å². The topological polar surface area (TPSA) is 115 Å². The van der Waals surface area contributed by atoms with Crippen molar-refractivity contribution in [3.63, 3.8) is 0 Å². The third-order valence-electron chi connectivity index (χ3n) is 10.6. The lowest BCUT2D eigenvalue weighted by Crippen LogP contribution is -2.42. The second kappa shape index (κ2) is 13.2. The largest absolute Gasteiger partial charge is 0.488 e. The zero-order valence-corrected chi connectivity index (χ0v) is 30.7. The maximum Gasteiger partial charge on any atom is 0.336 e. The molecular formula is C42H46O10. The van der Waals surface area contributed by atoms with Crippen LogP contribution in [0.3, 0.4) is 0 Å². The number of ether oxygens (including phenoxy) is 6. The molecule has 0 amide bonds. The minimum absolute atomic E-state index is 0.00965. The van der Waals surface area contributed by atoms with Gasteiger partial charge in [0.05, 0.1) is 52.1 Å². The Morgan fingerprint density at radius 3 is 2.04 bits per heavy atom. The van der Waals surface area contributed by atoms with E-state index in [-0.39, 0.29) is 11.7 Å². The van der Waals surface area contributed by atoms with Gasteiger partial charge in [0.15, 0.2) is 0 Å². The van der Waals surface area contributed by atoms with Crippen molar-refractivity contribution < 1.29 is 41.7 Å². The van der Waals surface area contributed by atoms with Gasteiger partial charge in [-0.15, -0.1) is 0 Å². The highest BCUT2D eigenvalue weighted by molar-refractivity contribution is 6.01. The van der Waals surface area contributed by atoms with E-state index in [4.69, 9.17) is 41.7 Å². The van der Waals surface area contributed by atoms with Crippen LogP contribution in [0.4, 0.5) is 0 Å². The Balaban J connectivity index is 0.909. The maximum atomic E-state index is 11.8. The molecule has 2 aromatic carbocycles. The first-order valence-corrected chi connectivity index (χ1v) is 18.2. The number of rotatable bonds is 12. The first kappa shape index (κ1) is 34.6. The molecule has 0 radical (unpaired) electrons. The molecule has 3 aliphatic heterocycles. The summed E-state index contributed by atoms with van der Waals surface area (Å²) in [6, 6.07) is 10.5. The van der Waals surface area contributed by atoms with Gasteiger partial charge >= 0.3 is 11.6 Å². The van der Waals surface area contributed by atoms with Crippen LogP contribution in [0.5, 0.6) is 17.2 Å². The number of furan rings is 2. The van der Waals surface area contributed by atoms with Gasteiger partial charge in [-0.1, -0.05) is 11.1 Å². The van der Waals surface area contributed by atoms with Crippen molar-refractivity contribution in [2.24, 2.45) is 0 Å². The molecule has 2 saturated heterocycles. The standard InChI is InChI=1S/C42H46O10/c1-25(7-10-35-40(3,4)50-35)15-20-47-39-28-13-18-42(49-34(28)24-32-30(39)17-22-45-32)51-36(41(5,6)52-42)11-8-26(2)14-19-46-38-27-9-12-37(43)48-33(27)23-31-29(38)16-21-44-31/h9,12,14-17,21-24,35-36H,7-8,10-11,13,18-20H2,1-6H3/b25-15+,26-14+/t35?,36-,42-/m1/s1. The summed E-state index contributed by atoms with van der Waals surface area (Å²) in [5.41, 5.74) is 4.15. The summed E-state index contributed by atoms with van der Waals surface area (Å²) in [7, 11) is 0. The molecule has 5 aromatic rings. The number of allylic oxidation sites excluding steroid dienone is 2. The van der Waals surface area contributed by atoms with Crippen LogP contribution >= 0.6 is 0 Å². The van der Waals surface area contributed by atoms with Gasteiger partial charge in [0.1, 0.15) is 47.2 Å². The molecule has 1 unspecified atom stereocenters. The van der Waals surface area contributed by atoms with Crippen molar-refractivity contribution >= 4 is 32.9 Å². The van der Waals surface area contributed by atoms with E-state index in [2.05, 4.69) is 53.7 Å². The van der Waals surface area contributed by atoms with Crippen LogP contribution < -0.4 is 19.8 Å². The van der Waals surface area contributed by atoms with E-state index in [1.807, 2.05) is 18.2 Å². The summed E-state index contributed by atoms with van der Waals surface area (Å²) in [4.78, 5) is 11.8. The van der Waals surface area contributed by atoms with E-state index >= 15 is 0 Å². The second-order valence-corrected chi connectivity index (χ2v) is 15.3. The van der Waals surface area contributed by atoms with Gasteiger partial charge in [0, 0.05) is 30.2 Å². The third kappa shape index (κ3) is 6.75. The van der Waals surface area contributed by atoms with Crippen LogP contribution in [-0.2, 0) is 20.6 Å². The van der Waals surface area contributed by atoms with Crippen LogP contribution in [0.1, 0.15) is 79.2 Å². The summed E-state index contributed by atoms with van der Waals surface area (Å²) >= 11 is 0. The number of hydrogen-bond acceptors (Lipinski definition) is 10. The van der Waals surface area contributed by atoms with Crippen molar-refractivity contribution in [2.45, 2.75) is 109 Å². The van der Waals surface area contributed by atoms with E-state index < -0.39 is 17.2 Å². The summed E-state index contributed by atoms with van der Waals surface area (Å²) < 4.78 is 55.0. The highest BCUT2D eigenvalue weighted by atomic mass is 16.9. The van der Waals surface area contributed by atoms with E-state index in [0.29, 0.717) is 60.4 Å². The first-order chi connectivity index (χ1) is 24.9. The predicted octanol–water partition coefficient (Wildman–Crippen LogP) is 9.55. The molecule has 1 spiro atoms. The lowest BCUT2D eigenvalue weighted by atomic mass is 9.96. The van der Waals surface area contributed by atoms with Crippen LogP contribution in [0.15, 0.2) is 90.3 Å². The van der Waals surface area contributed by atoms with Gasteiger partial charge in [-0.2, -0.15) is 0 Å². The average molecular weight is 711 g/mol. The fourth-order valence-corrected chi connectivity index (χ4v) is 7.46. The molecule has 0 N–H and O–H groups in total. The maximum absolute atomic E-state index is 11.8. The molecule has 10 heteroatoms. The van der Waals surface area contributed by atoms with Crippen molar-refractivity contribution in [1.82, 2.24) is 0 Å². The Bertz CT molecular complexity index is 2250. The normalized spacial score (nSPS) is 23.7. The Hall–Kier alpha value is -4.51. The fourth-order valence-electron chi connectivity index (χ4n) is 7.46. The van der Waals surface area contributed by atoms with Crippen LogP contribution in [0.2, 0.25) is 0 Å². The van der Waals surface area contributed by atoms with Gasteiger partial charge < -0.3 is 41.7 Å². The van der Waals surface area contributed by atoms with Crippen LogP contribution in [-0.4, -0.2) is 42.6 Å². The minimum Gasteiger partial charge on any atom is -0.488 e. The van der Waals surface area contributed by atoms with Crippen LogP contribution in [0.25, 0.3) is 32.9 Å². The van der Waals surface area contributed by atoms with E-state index in [1.54, 1.807) is 24.7 Å². The fraction of sp³-hybridized carbons (Fsp3) is 0.452. The minimum atomic E-state index is -1.20. The van der Waals surface area contributed by atoms with Crippen molar-refractivity contribution in [3.8, 4) is 17.2 Å². The van der Waals surface area contributed by atoms with Crippen molar-refractivity contribution in [1.29, 1.82) is 0 Å². The molecule has 274 valence electrons. The molecule has 3 aliphatic rings. The quantitative estimate of drug-likeness (QED) is 0.0704. The van der Waals surface area contributed by atoms with E-state index in [9.17, 15) is 4.79 Å². The van der Waals surface area contributed by atoms with Gasteiger partial charge in [-0.25, -0.2) is 4.79 Å². The summed E-state index contributed by atoms with van der Waals surface area (Å²) in [6.45, 7) is 13.4. The molecule has 3 aromatic heterocycles. The Kier molecular flexibility index (Phi) is 8.75. The summed E-state index contributed by atoms with van der Waals surface area (Å²) in [6.07, 6.45) is 12.3. The molecule has 52 heavy (non-hydrogen) atoms. The van der Waals surface area contributed by atoms with Crippen LogP contribution in [0, 0.1) is 0 Å². The molecule has 8 rings (SSSR count). The number of hydrogen-bond donors (Lipinski definition) is 0. The van der Waals surface area contributed by atoms with E-state index in [1.165, 1.54) is 11.6 Å². The number of epoxide rings is 1. The summed E-state index contributed by atoms with van der Waals surface area (Å²) in [5.74, 6) is 0.857. The SMILES string of the molecule is C/C(=C\COc1c2c(cc3occc13)O[C@]1(CC2)O[C@H](CC/C(C)=C/COc2c3ccoc3cc3oc(=O)ccc23)C(C)(C)O1)CCC1OC1(C)C. The van der Waals surface area contributed by atoms with Crippen molar-refractivity contribution in [3.05, 3.63) is 88.2 Å². The number of benzene rings is 2. The van der Waals surface area contributed by atoms with Crippen molar-refractivity contribution in [2.75, 3.05) is 13.2 Å². The molecule has 0 aliphatic carbocycles. The molecule has 10 nitrogen and oxygen atoms in total. The summed E-state index contributed by atoms with van der Waals surface area (Å²) in [5, 5.41) is 2.47. The zero-order valence-electron chi connectivity index (χ0n) is 30.7. The monoisotopic (exact) mass is 710 g/mol. The first-order valence-electron chi connectivity index (χ1n) is 18.2. The smallest absolute Gasteiger partial charge is 0.336 e. The lowest BCUT2D eigenvalue weighted by molar-refractivity contribution is -0.312. The van der Waals surface area contributed by atoms with Gasteiger partial charge in [0.25, 0.3) is 0 Å². The molecular weight excluding hydrogens is 664 g/mol. The Morgan fingerprint density at radius 2 is 1.37 bits per heavy atom. The molecule has 3 atom stereocenters. The molecule has 2 fully saturated rings. The van der Waals surface area contributed by atoms with Gasteiger partial charge in [-0.05, 0) is 104 Å². The van der Waals surface area contributed by atoms with Gasteiger partial charge in [0.2, 0.25) is 0 Å². The highest BCUT2D eigenvalue weighted by Crippen LogP contribution is 2.49. The molecule has 0 saturated carbocycles. The Morgan fingerprint density at radius 1 is 0.769 bits per heavy atom. The highest BCUT2D eigenvalue weighted by Gasteiger charge is 2.55. The molecule has 0 bridgehead atoms. The third-order valence-corrected chi connectivity index (χ3v) is 10.6. The molecule has 6 heterocycles. The number of fused-ring (bicyclic) bond motifs is 4. The van der Waals surface area contributed by atoms with Gasteiger partial charge in [-0.3, -0.25) is 0 Å².